The lowest BCUT2D eigenvalue weighted by Gasteiger charge is -2.12. The van der Waals surface area contributed by atoms with Crippen molar-refractivity contribution in [1.29, 1.82) is 0 Å². The molecule has 60 valence electrons. The summed E-state index contributed by atoms with van der Waals surface area (Å²) in [5.74, 6) is 0. The number of anilines is 1. The normalized spacial score (nSPS) is 8.67. The number of para-hydroxylation sites is 2. The highest BCUT2D eigenvalue weighted by Crippen LogP contribution is 2.25. The third-order valence-corrected chi connectivity index (χ3v) is 1.61. The summed E-state index contributed by atoms with van der Waals surface area (Å²) >= 11 is 0. The number of terminal acetylenes is 1. The Hall–Kier alpha value is -1.75. The van der Waals surface area contributed by atoms with E-state index < -0.39 is 0 Å². The number of hydrogen-bond acceptors (Lipinski definition) is 2. The molecule has 1 rings (SSSR count). The van der Waals surface area contributed by atoms with Crippen LogP contribution in [0.1, 0.15) is 0 Å². The number of rotatable bonds is 2. The summed E-state index contributed by atoms with van der Waals surface area (Å²) < 4.78 is 0. The van der Waals surface area contributed by atoms with Gasteiger partial charge in [0.1, 0.15) is 0 Å². The highest BCUT2D eigenvalue weighted by atomic mass is 15.1. The van der Waals surface area contributed by atoms with Crippen LogP contribution in [0, 0.1) is 12.5 Å². The van der Waals surface area contributed by atoms with Crippen LogP contribution >= 0.6 is 0 Å². The molecule has 0 aliphatic heterocycles. The van der Waals surface area contributed by atoms with Crippen LogP contribution in [0.2, 0.25) is 0 Å². The van der Waals surface area contributed by atoms with Gasteiger partial charge in [-0.25, -0.2) is 0 Å². The zero-order valence-corrected chi connectivity index (χ0v) is 6.99. The Balaban J connectivity index is 3.15. The Morgan fingerprint density at radius 1 is 1.50 bits per heavy atom. The van der Waals surface area contributed by atoms with Crippen LogP contribution in [0.4, 0.5) is 11.4 Å². The Bertz CT molecular complexity index is 323. The summed E-state index contributed by atoms with van der Waals surface area (Å²) in [6, 6.07) is 10.1. The fraction of sp³-hybridized carbons (Fsp3) is 0.100. The fourth-order valence-corrected chi connectivity index (χ4v) is 0.951. The monoisotopic (exact) mass is 158 g/mol. The van der Waals surface area contributed by atoms with Crippen molar-refractivity contribution in [2.75, 3.05) is 11.9 Å². The number of hydrogen-bond donors (Lipinski definition) is 0. The molecular formula is C10H10N2. The number of aliphatic imine (C=N–C) groups is 1. The Morgan fingerprint density at radius 2 is 2.17 bits per heavy atom. The highest BCUT2D eigenvalue weighted by Gasteiger charge is 2.01. The molecule has 1 aromatic rings. The van der Waals surface area contributed by atoms with E-state index in [0.29, 0.717) is 0 Å². The molecule has 0 radical (unpaired) electrons. The van der Waals surface area contributed by atoms with Crippen LogP contribution in [0.5, 0.6) is 0 Å². The maximum Gasteiger partial charge on any atom is 0.0865 e. The van der Waals surface area contributed by atoms with Gasteiger partial charge in [-0.3, -0.25) is 4.99 Å². The van der Waals surface area contributed by atoms with E-state index in [1.807, 2.05) is 31.3 Å². The van der Waals surface area contributed by atoms with Gasteiger partial charge in [-0.05, 0) is 18.9 Å². The van der Waals surface area contributed by atoms with Gasteiger partial charge < -0.3 is 4.90 Å². The Labute approximate surface area is 72.5 Å². The first kappa shape index (κ1) is 8.35. The van der Waals surface area contributed by atoms with Gasteiger partial charge in [-0.15, -0.1) is 0 Å². The van der Waals surface area contributed by atoms with Crippen molar-refractivity contribution in [2.24, 2.45) is 4.99 Å². The molecule has 0 saturated heterocycles. The highest BCUT2D eigenvalue weighted by molar-refractivity contribution is 5.70. The van der Waals surface area contributed by atoms with E-state index in [1.165, 1.54) is 0 Å². The van der Waals surface area contributed by atoms with Gasteiger partial charge >= 0.3 is 0 Å². The topological polar surface area (TPSA) is 15.6 Å². The standard InChI is InChI=1S/C10H10N2/c1-4-12(3)10-8-6-5-7-9(10)11-2/h1,5-8H,2H2,3H3. The average molecular weight is 158 g/mol. The molecule has 0 atom stereocenters. The van der Waals surface area contributed by atoms with Crippen LogP contribution in [-0.4, -0.2) is 13.8 Å². The summed E-state index contributed by atoms with van der Waals surface area (Å²) in [6.45, 7) is 3.46. The molecule has 0 heterocycles. The quantitative estimate of drug-likeness (QED) is 0.365. The lowest BCUT2D eigenvalue weighted by atomic mass is 10.2. The first-order valence-electron chi connectivity index (χ1n) is 3.55. The first-order valence-corrected chi connectivity index (χ1v) is 3.55. The summed E-state index contributed by atoms with van der Waals surface area (Å²) in [6.07, 6.45) is 5.24. The zero-order valence-electron chi connectivity index (χ0n) is 6.99. The smallest absolute Gasteiger partial charge is 0.0865 e. The van der Waals surface area contributed by atoms with E-state index >= 15 is 0 Å². The molecule has 0 unspecified atom stereocenters. The number of nitrogens with zero attached hydrogens (tertiary/aromatic N) is 2. The molecule has 0 bridgehead atoms. The van der Waals surface area contributed by atoms with Crippen molar-refractivity contribution >= 4 is 18.1 Å². The minimum absolute atomic E-state index is 0.804. The second-order valence-corrected chi connectivity index (χ2v) is 2.33. The van der Waals surface area contributed by atoms with E-state index in [0.717, 1.165) is 11.4 Å². The molecule has 0 saturated carbocycles. The Kier molecular flexibility index (Phi) is 2.49. The molecule has 0 aliphatic rings. The lowest BCUT2D eigenvalue weighted by Crippen LogP contribution is -2.07. The van der Waals surface area contributed by atoms with Crippen molar-refractivity contribution in [3.05, 3.63) is 24.3 Å². The Morgan fingerprint density at radius 3 is 2.75 bits per heavy atom. The van der Waals surface area contributed by atoms with Gasteiger partial charge in [-0.2, -0.15) is 0 Å². The molecule has 0 aromatic heterocycles. The summed E-state index contributed by atoms with van der Waals surface area (Å²) in [7, 11) is 1.81. The van der Waals surface area contributed by atoms with E-state index in [9.17, 15) is 0 Å². The fourth-order valence-electron chi connectivity index (χ4n) is 0.951. The van der Waals surface area contributed by atoms with Crippen molar-refractivity contribution in [2.45, 2.75) is 0 Å². The van der Waals surface area contributed by atoms with Crippen LogP contribution in [0.3, 0.4) is 0 Å². The predicted octanol–water partition coefficient (Wildman–Crippen LogP) is 2.05. The van der Waals surface area contributed by atoms with Crippen LogP contribution < -0.4 is 4.90 Å². The zero-order chi connectivity index (χ0) is 8.97. The third-order valence-electron chi connectivity index (χ3n) is 1.61. The minimum Gasteiger partial charge on any atom is -0.303 e. The van der Waals surface area contributed by atoms with E-state index in [1.54, 1.807) is 4.90 Å². The van der Waals surface area contributed by atoms with E-state index in [2.05, 4.69) is 17.8 Å². The van der Waals surface area contributed by atoms with Crippen molar-refractivity contribution in [3.63, 3.8) is 0 Å². The lowest BCUT2D eigenvalue weighted by molar-refractivity contribution is 1.25. The molecule has 2 nitrogen and oxygen atoms in total. The van der Waals surface area contributed by atoms with Crippen LogP contribution in [-0.2, 0) is 0 Å². The second kappa shape index (κ2) is 3.59. The van der Waals surface area contributed by atoms with Crippen LogP contribution in [0.25, 0.3) is 0 Å². The van der Waals surface area contributed by atoms with Crippen molar-refractivity contribution in [3.8, 4) is 12.5 Å². The van der Waals surface area contributed by atoms with Crippen molar-refractivity contribution < 1.29 is 0 Å². The minimum atomic E-state index is 0.804. The molecule has 1 aromatic carbocycles. The molecule has 0 spiro atoms. The molecule has 0 N–H and O–H groups in total. The molecule has 0 aliphatic carbocycles. The average Bonchev–Trinajstić information content (AvgIpc) is 2.16. The van der Waals surface area contributed by atoms with E-state index in [4.69, 9.17) is 6.42 Å². The maximum absolute atomic E-state index is 5.24. The van der Waals surface area contributed by atoms with Gasteiger partial charge in [0.15, 0.2) is 0 Å². The summed E-state index contributed by atoms with van der Waals surface area (Å²) in [4.78, 5) is 5.52. The van der Waals surface area contributed by atoms with Gasteiger partial charge in [0, 0.05) is 13.1 Å². The predicted molar refractivity (Wildman–Crippen MR) is 52.9 cm³/mol. The molecule has 0 fully saturated rings. The van der Waals surface area contributed by atoms with Gasteiger partial charge in [0.05, 0.1) is 11.4 Å². The SMILES string of the molecule is C#CN(C)c1ccccc1N=C. The molecule has 0 amide bonds. The van der Waals surface area contributed by atoms with Crippen molar-refractivity contribution in [1.82, 2.24) is 0 Å². The van der Waals surface area contributed by atoms with E-state index in [-0.39, 0.29) is 0 Å². The summed E-state index contributed by atoms with van der Waals surface area (Å²) in [5, 5.41) is 0. The maximum atomic E-state index is 5.24. The molecular weight excluding hydrogens is 148 g/mol. The first-order chi connectivity index (χ1) is 5.79. The van der Waals surface area contributed by atoms with Gasteiger partial charge in [0.2, 0.25) is 0 Å². The largest absolute Gasteiger partial charge is 0.303 e. The summed E-state index contributed by atoms with van der Waals surface area (Å²) in [5.41, 5.74) is 1.70. The molecule has 2 heteroatoms. The third kappa shape index (κ3) is 1.46. The van der Waals surface area contributed by atoms with Crippen LogP contribution in [0.15, 0.2) is 29.3 Å². The van der Waals surface area contributed by atoms with Gasteiger partial charge in [0.25, 0.3) is 0 Å². The van der Waals surface area contributed by atoms with Gasteiger partial charge in [-0.1, -0.05) is 18.6 Å². The number of benzene rings is 1. The second-order valence-electron chi connectivity index (χ2n) is 2.33. The molecule has 12 heavy (non-hydrogen) atoms.